The summed E-state index contributed by atoms with van der Waals surface area (Å²) in [6, 6.07) is 10.8. The van der Waals surface area contributed by atoms with Crippen LogP contribution in [-0.2, 0) is 13.0 Å². The van der Waals surface area contributed by atoms with E-state index in [1.54, 1.807) is 0 Å². The predicted molar refractivity (Wildman–Crippen MR) is 77.0 cm³/mol. The molecule has 0 amide bonds. The molecule has 1 fully saturated rings. The van der Waals surface area contributed by atoms with Gasteiger partial charge in [0, 0.05) is 5.92 Å². The molecule has 1 aliphatic rings. The normalized spacial score (nSPS) is 21.1. The van der Waals surface area contributed by atoms with Crippen molar-refractivity contribution in [3.63, 3.8) is 0 Å². The molecule has 2 aromatic rings. The minimum absolute atomic E-state index is 0.181. The molecule has 0 aliphatic heterocycles. The lowest BCUT2D eigenvalue weighted by molar-refractivity contribution is 0.445. The van der Waals surface area contributed by atoms with Crippen molar-refractivity contribution in [2.75, 3.05) is 6.54 Å². The Morgan fingerprint density at radius 3 is 2.65 bits per heavy atom. The number of rotatable bonds is 6. The fourth-order valence-corrected chi connectivity index (χ4v) is 2.50. The summed E-state index contributed by atoms with van der Waals surface area (Å²) in [7, 11) is 0. The third-order valence-corrected chi connectivity index (χ3v) is 3.96. The number of halogens is 1. The molecule has 106 valence electrons. The van der Waals surface area contributed by atoms with Crippen LogP contribution in [0, 0.1) is 11.7 Å². The summed E-state index contributed by atoms with van der Waals surface area (Å²) in [6.45, 7) is 3.87. The van der Waals surface area contributed by atoms with Crippen LogP contribution in [0.3, 0.4) is 0 Å². The molecule has 2 nitrogen and oxygen atoms in total. The molecule has 1 heterocycles. The Morgan fingerprint density at radius 2 is 1.95 bits per heavy atom. The van der Waals surface area contributed by atoms with Gasteiger partial charge in [-0.3, -0.25) is 0 Å². The molecule has 3 rings (SSSR count). The fourth-order valence-electron chi connectivity index (χ4n) is 2.50. The standard InChI is InChI=1S/C17H20FNO/c1-12-10-16(12)17-7-6-15(20-17)11-19-9-8-13-2-4-14(18)5-3-13/h2-7,12,16,19H,8-11H2,1H3. The summed E-state index contributed by atoms with van der Waals surface area (Å²) in [5, 5.41) is 3.36. The van der Waals surface area contributed by atoms with E-state index in [9.17, 15) is 4.39 Å². The molecule has 1 aromatic heterocycles. The van der Waals surface area contributed by atoms with Gasteiger partial charge in [0.15, 0.2) is 0 Å². The highest BCUT2D eigenvalue weighted by atomic mass is 19.1. The SMILES string of the molecule is CC1CC1c1ccc(CNCCc2ccc(F)cc2)o1. The van der Waals surface area contributed by atoms with Crippen LogP contribution < -0.4 is 5.32 Å². The van der Waals surface area contributed by atoms with Crippen molar-refractivity contribution in [3.8, 4) is 0 Å². The van der Waals surface area contributed by atoms with E-state index in [-0.39, 0.29) is 5.82 Å². The van der Waals surface area contributed by atoms with Gasteiger partial charge in [0.2, 0.25) is 0 Å². The van der Waals surface area contributed by atoms with E-state index in [2.05, 4.69) is 24.4 Å². The molecule has 20 heavy (non-hydrogen) atoms. The van der Waals surface area contributed by atoms with Crippen LogP contribution in [-0.4, -0.2) is 6.54 Å². The summed E-state index contributed by atoms with van der Waals surface area (Å²) >= 11 is 0. The first kappa shape index (κ1) is 13.4. The highest BCUT2D eigenvalue weighted by molar-refractivity contribution is 5.18. The molecule has 0 saturated heterocycles. The van der Waals surface area contributed by atoms with Gasteiger partial charge in [0.05, 0.1) is 6.54 Å². The van der Waals surface area contributed by atoms with Crippen molar-refractivity contribution >= 4 is 0 Å². The minimum Gasteiger partial charge on any atom is -0.464 e. The summed E-state index contributed by atoms with van der Waals surface area (Å²) in [4.78, 5) is 0. The van der Waals surface area contributed by atoms with Gasteiger partial charge in [-0.25, -0.2) is 4.39 Å². The van der Waals surface area contributed by atoms with Gasteiger partial charge in [0.25, 0.3) is 0 Å². The number of hydrogen-bond donors (Lipinski definition) is 1. The van der Waals surface area contributed by atoms with Crippen molar-refractivity contribution in [3.05, 3.63) is 59.3 Å². The first-order chi connectivity index (χ1) is 9.72. The second-order valence-corrected chi connectivity index (χ2v) is 5.68. The molecule has 1 N–H and O–H groups in total. The maximum atomic E-state index is 12.8. The maximum absolute atomic E-state index is 12.8. The summed E-state index contributed by atoms with van der Waals surface area (Å²) in [5.41, 5.74) is 1.14. The van der Waals surface area contributed by atoms with E-state index in [1.165, 1.54) is 18.6 Å². The maximum Gasteiger partial charge on any atom is 0.123 e. The largest absolute Gasteiger partial charge is 0.464 e. The highest BCUT2D eigenvalue weighted by Gasteiger charge is 2.36. The first-order valence-corrected chi connectivity index (χ1v) is 7.26. The van der Waals surface area contributed by atoms with Crippen molar-refractivity contribution in [1.82, 2.24) is 5.32 Å². The molecule has 1 saturated carbocycles. The van der Waals surface area contributed by atoms with Gasteiger partial charge < -0.3 is 9.73 Å². The van der Waals surface area contributed by atoms with E-state index in [0.717, 1.165) is 42.5 Å². The minimum atomic E-state index is -0.181. The van der Waals surface area contributed by atoms with Gasteiger partial charge in [-0.15, -0.1) is 0 Å². The quantitative estimate of drug-likeness (QED) is 0.808. The third-order valence-electron chi connectivity index (χ3n) is 3.96. The Hall–Kier alpha value is -1.61. The van der Waals surface area contributed by atoms with Crippen molar-refractivity contribution < 1.29 is 8.81 Å². The molecule has 2 atom stereocenters. The van der Waals surface area contributed by atoms with Crippen LogP contribution in [0.5, 0.6) is 0 Å². The van der Waals surface area contributed by atoms with Crippen LogP contribution in [0.2, 0.25) is 0 Å². The average Bonchev–Trinajstić information content (AvgIpc) is 3.00. The van der Waals surface area contributed by atoms with E-state index in [4.69, 9.17) is 4.42 Å². The zero-order valence-corrected chi connectivity index (χ0v) is 11.7. The average molecular weight is 273 g/mol. The van der Waals surface area contributed by atoms with E-state index < -0.39 is 0 Å². The lowest BCUT2D eigenvalue weighted by atomic mass is 10.1. The van der Waals surface area contributed by atoms with Gasteiger partial charge in [-0.2, -0.15) is 0 Å². The first-order valence-electron chi connectivity index (χ1n) is 7.26. The number of furan rings is 1. The molecular weight excluding hydrogens is 253 g/mol. The Labute approximate surface area is 119 Å². The predicted octanol–water partition coefficient (Wildman–Crippen LogP) is 3.87. The van der Waals surface area contributed by atoms with Crippen LogP contribution in [0.25, 0.3) is 0 Å². The third kappa shape index (κ3) is 3.28. The second-order valence-electron chi connectivity index (χ2n) is 5.68. The number of benzene rings is 1. The highest BCUT2D eigenvalue weighted by Crippen LogP contribution is 2.47. The molecule has 0 bridgehead atoms. The van der Waals surface area contributed by atoms with Gasteiger partial charge in [-0.1, -0.05) is 19.1 Å². The Balaban J connectivity index is 1.41. The van der Waals surface area contributed by atoms with Gasteiger partial charge >= 0.3 is 0 Å². The fraction of sp³-hybridized carbons (Fsp3) is 0.412. The number of nitrogens with one attached hydrogen (secondary N) is 1. The molecule has 0 radical (unpaired) electrons. The van der Waals surface area contributed by atoms with Crippen LogP contribution in [0.4, 0.5) is 4.39 Å². The van der Waals surface area contributed by atoms with Crippen LogP contribution in [0.15, 0.2) is 40.8 Å². The summed E-state index contributed by atoms with van der Waals surface area (Å²) < 4.78 is 18.6. The lowest BCUT2D eigenvalue weighted by Gasteiger charge is -2.03. The molecule has 1 aliphatic carbocycles. The molecule has 3 heteroatoms. The number of hydrogen-bond acceptors (Lipinski definition) is 2. The molecule has 0 spiro atoms. The Kier molecular flexibility index (Phi) is 3.88. The van der Waals surface area contributed by atoms with Crippen molar-refractivity contribution in [1.29, 1.82) is 0 Å². The Morgan fingerprint density at radius 1 is 1.20 bits per heavy atom. The zero-order valence-electron chi connectivity index (χ0n) is 11.7. The lowest BCUT2D eigenvalue weighted by Crippen LogP contribution is -2.16. The summed E-state index contributed by atoms with van der Waals surface area (Å²) in [5.74, 6) is 3.37. The van der Waals surface area contributed by atoms with Gasteiger partial charge in [0.1, 0.15) is 17.3 Å². The smallest absolute Gasteiger partial charge is 0.123 e. The summed E-state index contributed by atoms with van der Waals surface area (Å²) in [6.07, 6.45) is 2.15. The van der Waals surface area contributed by atoms with Crippen LogP contribution in [0.1, 0.15) is 36.3 Å². The molecule has 2 unspecified atom stereocenters. The molecule has 1 aromatic carbocycles. The van der Waals surface area contributed by atoms with E-state index in [1.807, 2.05) is 12.1 Å². The van der Waals surface area contributed by atoms with Crippen molar-refractivity contribution in [2.24, 2.45) is 5.92 Å². The van der Waals surface area contributed by atoms with Crippen molar-refractivity contribution in [2.45, 2.75) is 32.2 Å². The second kappa shape index (κ2) is 5.80. The topological polar surface area (TPSA) is 25.2 Å². The zero-order chi connectivity index (χ0) is 13.9. The van der Waals surface area contributed by atoms with Crippen LogP contribution >= 0.6 is 0 Å². The Bertz CT molecular complexity index is 561. The van der Waals surface area contributed by atoms with E-state index >= 15 is 0 Å². The molecular formula is C17H20FNO. The monoisotopic (exact) mass is 273 g/mol. The van der Waals surface area contributed by atoms with Gasteiger partial charge in [-0.05, 0) is 55.1 Å². The van der Waals surface area contributed by atoms with E-state index in [0.29, 0.717) is 5.92 Å².